The summed E-state index contributed by atoms with van der Waals surface area (Å²) in [4.78, 5) is 25.9. The molecule has 2 aromatic heterocycles. The van der Waals surface area contributed by atoms with Crippen molar-refractivity contribution < 1.29 is 13.2 Å². The van der Waals surface area contributed by atoms with Gasteiger partial charge in [-0.15, -0.1) is 0 Å². The van der Waals surface area contributed by atoms with Crippen LogP contribution in [0.4, 0.5) is 0 Å². The first-order valence-electron chi connectivity index (χ1n) is 12.2. The summed E-state index contributed by atoms with van der Waals surface area (Å²) < 4.78 is 26.2. The molecular weight excluding hydrogens is 482 g/mol. The molecule has 2 aliphatic heterocycles. The highest BCUT2D eigenvalue weighted by Gasteiger charge is 2.32. The van der Waals surface area contributed by atoms with Crippen molar-refractivity contribution in [1.82, 2.24) is 24.3 Å². The van der Waals surface area contributed by atoms with Gasteiger partial charge in [-0.1, -0.05) is 11.8 Å². The van der Waals surface area contributed by atoms with Gasteiger partial charge in [-0.3, -0.25) is 9.69 Å². The number of piperidine rings is 2. The van der Waals surface area contributed by atoms with Crippen LogP contribution in [-0.2, 0) is 21.2 Å². The van der Waals surface area contributed by atoms with E-state index in [2.05, 4.69) is 25.4 Å². The lowest BCUT2D eigenvalue weighted by molar-refractivity contribution is -0.138. The Morgan fingerprint density at radius 2 is 1.86 bits per heavy atom. The molecule has 0 unspecified atom stereocenters. The molecule has 2 fully saturated rings. The van der Waals surface area contributed by atoms with Crippen molar-refractivity contribution in [3.63, 3.8) is 0 Å². The van der Waals surface area contributed by atoms with Gasteiger partial charge in [0.25, 0.3) is 0 Å². The van der Waals surface area contributed by atoms with Gasteiger partial charge in [-0.05, 0) is 74.9 Å². The number of imidazole rings is 1. The molecule has 0 saturated carbocycles. The Morgan fingerprint density at radius 1 is 1.11 bits per heavy atom. The summed E-state index contributed by atoms with van der Waals surface area (Å²) in [6.07, 6.45) is 10.8. The van der Waals surface area contributed by atoms with Crippen LogP contribution in [0.1, 0.15) is 37.3 Å². The number of likely N-dealkylation sites (tertiary alicyclic amines) is 2. The number of aromatic nitrogens is 3. The lowest BCUT2D eigenvalue weighted by Crippen LogP contribution is -2.45. The average Bonchev–Trinajstić information content (AvgIpc) is 3.50. The smallest absolute Gasteiger partial charge is 0.225 e. The normalized spacial score (nSPS) is 19.0. The molecule has 0 spiro atoms. The van der Waals surface area contributed by atoms with Crippen LogP contribution in [0.3, 0.4) is 0 Å². The largest absolute Gasteiger partial charge is 0.367 e. The Hall–Kier alpha value is -2.30. The number of amides is 1. The number of fused-ring (bicyclic) bond motifs is 1. The second-order valence-electron chi connectivity index (χ2n) is 9.72. The third kappa shape index (κ3) is 5.15. The fourth-order valence-electron chi connectivity index (χ4n) is 5.44. The number of carbonyl (C=O) groups excluding carboxylic acids is 1. The van der Waals surface area contributed by atoms with Crippen molar-refractivity contribution >= 4 is 38.5 Å². The van der Waals surface area contributed by atoms with E-state index in [4.69, 9.17) is 4.98 Å². The quantitative estimate of drug-likeness (QED) is 0.505. The van der Waals surface area contributed by atoms with Crippen LogP contribution in [0.5, 0.6) is 0 Å². The number of nitrogens with one attached hydrogen (secondary N) is 1. The molecule has 0 atom stereocenters. The van der Waals surface area contributed by atoms with Crippen LogP contribution >= 0.6 is 11.8 Å². The predicted molar refractivity (Wildman–Crippen MR) is 138 cm³/mol. The number of nitrogens with zero attached hydrogens (tertiary/aromatic N) is 4. The zero-order chi connectivity index (χ0) is 24.6. The second-order valence-corrected chi connectivity index (χ2v) is 12.5. The van der Waals surface area contributed by atoms with Gasteiger partial charge in [0.2, 0.25) is 5.91 Å². The fraction of sp³-hybridized carbons (Fsp3) is 0.520. The molecule has 10 heteroatoms. The second kappa shape index (κ2) is 9.99. The molecule has 3 aromatic rings. The van der Waals surface area contributed by atoms with E-state index in [1.807, 2.05) is 24.7 Å². The number of hydrogen-bond acceptors (Lipinski definition) is 6. The van der Waals surface area contributed by atoms with Gasteiger partial charge in [-0.2, -0.15) is 0 Å². The molecule has 2 aliphatic rings. The van der Waals surface area contributed by atoms with Gasteiger partial charge < -0.3 is 14.5 Å². The van der Waals surface area contributed by atoms with Crippen LogP contribution in [0.2, 0.25) is 0 Å². The van der Waals surface area contributed by atoms with E-state index >= 15 is 0 Å². The third-order valence-electron chi connectivity index (χ3n) is 7.39. The first-order valence-corrected chi connectivity index (χ1v) is 15.3. The average molecular weight is 516 g/mol. The minimum atomic E-state index is -3.28. The molecule has 35 heavy (non-hydrogen) atoms. The van der Waals surface area contributed by atoms with E-state index < -0.39 is 9.84 Å². The highest BCUT2D eigenvalue weighted by Crippen LogP contribution is 2.34. The van der Waals surface area contributed by atoms with Crippen LogP contribution in [0, 0.1) is 5.92 Å². The number of hydrogen-bond donors (Lipinski definition) is 1. The minimum Gasteiger partial charge on any atom is -0.367 e. The van der Waals surface area contributed by atoms with Crippen LogP contribution in [0.15, 0.2) is 46.7 Å². The topological polar surface area (TPSA) is 91.3 Å². The summed E-state index contributed by atoms with van der Waals surface area (Å²) in [5.74, 6) is 0.433. The molecule has 0 radical (unpaired) electrons. The van der Waals surface area contributed by atoms with Crippen molar-refractivity contribution in [2.24, 2.45) is 5.92 Å². The van der Waals surface area contributed by atoms with Crippen molar-refractivity contribution in [2.45, 2.75) is 48.3 Å². The van der Waals surface area contributed by atoms with E-state index in [0.717, 1.165) is 69.1 Å². The van der Waals surface area contributed by atoms with Gasteiger partial charge in [0, 0.05) is 50.2 Å². The Labute approximate surface area is 211 Å². The van der Waals surface area contributed by atoms with Crippen molar-refractivity contribution in [3.05, 3.63) is 42.2 Å². The maximum atomic E-state index is 13.3. The first-order chi connectivity index (χ1) is 16.8. The summed E-state index contributed by atoms with van der Waals surface area (Å²) in [7, 11) is -3.28. The van der Waals surface area contributed by atoms with Crippen LogP contribution in [-0.4, -0.2) is 77.4 Å². The highest BCUT2D eigenvalue weighted by molar-refractivity contribution is 7.98. The monoisotopic (exact) mass is 515 g/mol. The summed E-state index contributed by atoms with van der Waals surface area (Å²) in [5.41, 5.74) is 2.96. The van der Waals surface area contributed by atoms with Crippen LogP contribution < -0.4 is 0 Å². The number of rotatable bonds is 6. The summed E-state index contributed by atoms with van der Waals surface area (Å²) in [5, 5.41) is 0.894. The van der Waals surface area contributed by atoms with Crippen LogP contribution in [0.25, 0.3) is 11.0 Å². The zero-order valence-corrected chi connectivity index (χ0v) is 21.9. The number of aromatic amines is 1. The van der Waals surface area contributed by atoms with E-state index in [9.17, 15) is 13.2 Å². The highest BCUT2D eigenvalue weighted by atomic mass is 32.2. The fourth-order valence-corrected chi connectivity index (χ4v) is 6.71. The number of sulfone groups is 1. The molecule has 1 amide bonds. The Bertz CT molecular complexity index is 1290. The SMILES string of the molecule is CSc1nc2cc(S(C)(=O)=O)ccc2n1C1CCN(C(=O)C2CCN(Cc3cc[nH]c3)CC2)CC1. The Morgan fingerprint density at radius 3 is 2.49 bits per heavy atom. The number of carbonyl (C=O) groups is 1. The number of H-pyrrole nitrogens is 1. The minimum absolute atomic E-state index is 0.124. The molecule has 8 nitrogen and oxygen atoms in total. The van der Waals surface area contributed by atoms with Crippen molar-refractivity contribution in [2.75, 3.05) is 38.7 Å². The maximum absolute atomic E-state index is 13.3. The molecule has 188 valence electrons. The Kier molecular flexibility index (Phi) is 6.96. The summed E-state index contributed by atoms with van der Waals surface area (Å²) in [6.45, 7) is 4.37. The number of benzene rings is 1. The van der Waals surface area contributed by atoms with Crippen molar-refractivity contribution in [3.8, 4) is 0 Å². The summed E-state index contributed by atoms with van der Waals surface area (Å²) >= 11 is 1.57. The van der Waals surface area contributed by atoms with Gasteiger partial charge in [-0.25, -0.2) is 13.4 Å². The molecule has 5 rings (SSSR count). The van der Waals surface area contributed by atoms with E-state index in [1.165, 1.54) is 11.8 Å². The van der Waals surface area contributed by atoms with Gasteiger partial charge >= 0.3 is 0 Å². The lowest BCUT2D eigenvalue weighted by Gasteiger charge is -2.38. The van der Waals surface area contributed by atoms with E-state index in [0.29, 0.717) is 16.3 Å². The molecule has 1 N–H and O–H groups in total. The number of thioether (sulfide) groups is 1. The van der Waals surface area contributed by atoms with Gasteiger partial charge in [0.05, 0.1) is 15.9 Å². The standard InChI is InChI=1S/C25H33N5O3S2/c1-34-25-27-22-15-21(35(2,32)33)3-4-23(22)30(25)20-8-13-29(14-9-20)24(31)19-6-11-28(12-7-19)17-18-5-10-26-16-18/h3-5,10,15-16,19-20,26H,6-9,11-14,17H2,1-2H3. The lowest BCUT2D eigenvalue weighted by atomic mass is 9.93. The van der Waals surface area contributed by atoms with E-state index in [-0.39, 0.29) is 12.0 Å². The zero-order valence-electron chi connectivity index (χ0n) is 20.3. The van der Waals surface area contributed by atoms with E-state index in [1.54, 1.807) is 23.9 Å². The molecule has 0 aliphatic carbocycles. The summed E-state index contributed by atoms with van der Waals surface area (Å²) in [6, 6.07) is 7.57. The molecule has 2 saturated heterocycles. The van der Waals surface area contributed by atoms with Gasteiger partial charge in [0.15, 0.2) is 15.0 Å². The third-order valence-corrected chi connectivity index (χ3v) is 9.15. The molecule has 1 aromatic carbocycles. The first kappa shape index (κ1) is 24.4. The molecular formula is C25H33N5O3S2. The Balaban J connectivity index is 1.21. The van der Waals surface area contributed by atoms with Crippen molar-refractivity contribution in [1.29, 1.82) is 0 Å². The van der Waals surface area contributed by atoms with Gasteiger partial charge in [0.1, 0.15) is 0 Å². The molecule has 0 bridgehead atoms. The molecule has 4 heterocycles. The predicted octanol–water partition coefficient (Wildman–Crippen LogP) is 3.57. The maximum Gasteiger partial charge on any atom is 0.225 e.